The largest absolute Gasteiger partial charge is 0.392 e. The summed E-state index contributed by atoms with van der Waals surface area (Å²) in [6.45, 7) is 3.67. The Hall–Kier alpha value is -1.02. The van der Waals surface area contributed by atoms with Gasteiger partial charge in [-0.05, 0) is 25.6 Å². The van der Waals surface area contributed by atoms with E-state index in [1.807, 2.05) is 14.0 Å². The van der Waals surface area contributed by atoms with Crippen molar-refractivity contribution < 1.29 is 13.5 Å². The summed E-state index contributed by atoms with van der Waals surface area (Å²) < 4.78 is 26.5. The predicted molar refractivity (Wildman–Crippen MR) is 71.0 cm³/mol. The molecule has 0 amide bonds. The summed E-state index contributed by atoms with van der Waals surface area (Å²) in [4.78, 5) is 6.06. The molecule has 2 rings (SSSR count). The van der Waals surface area contributed by atoms with Gasteiger partial charge in [-0.25, -0.2) is 13.4 Å². The average molecular weight is 285 g/mol. The van der Waals surface area contributed by atoms with E-state index in [1.165, 1.54) is 16.6 Å². The molecule has 0 saturated carbocycles. The highest BCUT2D eigenvalue weighted by molar-refractivity contribution is 7.89. The SMILES string of the molecule is CC1CN(C)CCN1S(=O)(=O)c1ccc(CO)cn1. The molecule has 7 heteroatoms. The molecular formula is C12H19N3O3S. The number of pyridine rings is 1. The molecule has 19 heavy (non-hydrogen) atoms. The molecule has 106 valence electrons. The number of aliphatic hydroxyl groups excluding tert-OH is 1. The number of aromatic nitrogens is 1. The van der Waals surface area contributed by atoms with Crippen LogP contribution < -0.4 is 0 Å². The zero-order valence-corrected chi connectivity index (χ0v) is 12.0. The maximum atomic E-state index is 12.5. The normalized spacial score (nSPS) is 22.6. The van der Waals surface area contributed by atoms with Crippen LogP contribution in [0.5, 0.6) is 0 Å². The molecule has 6 nitrogen and oxygen atoms in total. The zero-order chi connectivity index (χ0) is 14.0. The molecule has 1 N–H and O–H groups in total. The maximum absolute atomic E-state index is 12.5. The number of sulfonamides is 1. The standard InChI is InChI=1S/C12H19N3O3S/c1-10-8-14(2)5-6-15(10)19(17,18)12-4-3-11(9-16)7-13-12/h3-4,7,10,16H,5-6,8-9H2,1-2H3. The minimum Gasteiger partial charge on any atom is -0.392 e. The van der Waals surface area contributed by atoms with Crippen LogP contribution in [0.4, 0.5) is 0 Å². The Balaban J connectivity index is 2.26. The van der Waals surface area contributed by atoms with Crippen LogP contribution in [0.2, 0.25) is 0 Å². The third kappa shape index (κ3) is 2.94. The molecule has 0 aliphatic carbocycles. The van der Waals surface area contributed by atoms with Gasteiger partial charge >= 0.3 is 0 Å². The molecule has 1 unspecified atom stereocenters. The van der Waals surface area contributed by atoms with E-state index in [2.05, 4.69) is 9.88 Å². The Morgan fingerprint density at radius 2 is 2.16 bits per heavy atom. The van der Waals surface area contributed by atoms with Crippen molar-refractivity contribution in [3.63, 3.8) is 0 Å². The molecule has 0 aromatic carbocycles. The second kappa shape index (κ2) is 5.54. The minimum absolute atomic E-state index is 0.0427. The Kier molecular flexibility index (Phi) is 4.19. The van der Waals surface area contributed by atoms with Gasteiger partial charge in [-0.15, -0.1) is 0 Å². The van der Waals surface area contributed by atoms with Gasteiger partial charge in [0.25, 0.3) is 10.0 Å². The van der Waals surface area contributed by atoms with Gasteiger partial charge in [-0.1, -0.05) is 6.07 Å². The van der Waals surface area contributed by atoms with Crippen LogP contribution in [0, 0.1) is 0 Å². The lowest BCUT2D eigenvalue weighted by Gasteiger charge is -2.36. The van der Waals surface area contributed by atoms with Crippen LogP contribution >= 0.6 is 0 Å². The Morgan fingerprint density at radius 3 is 2.68 bits per heavy atom. The number of aliphatic hydroxyl groups is 1. The van der Waals surface area contributed by atoms with Crippen LogP contribution in [0.25, 0.3) is 0 Å². The summed E-state index contributed by atoms with van der Waals surface area (Å²) in [5.41, 5.74) is 0.602. The lowest BCUT2D eigenvalue weighted by Crippen LogP contribution is -2.52. The van der Waals surface area contributed by atoms with E-state index in [0.29, 0.717) is 18.7 Å². The predicted octanol–water partition coefficient (Wildman–Crippen LogP) is -0.102. The van der Waals surface area contributed by atoms with Crippen LogP contribution in [-0.4, -0.2) is 60.4 Å². The van der Waals surface area contributed by atoms with Crippen LogP contribution in [0.1, 0.15) is 12.5 Å². The number of piperazine rings is 1. The van der Waals surface area contributed by atoms with E-state index in [4.69, 9.17) is 5.11 Å². The third-order valence-electron chi connectivity index (χ3n) is 3.32. The number of hydrogen-bond donors (Lipinski definition) is 1. The second-order valence-corrected chi connectivity index (χ2v) is 6.73. The molecule has 1 aliphatic rings. The molecule has 0 radical (unpaired) electrons. The van der Waals surface area contributed by atoms with E-state index >= 15 is 0 Å². The van der Waals surface area contributed by atoms with Gasteiger partial charge in [-0.2, -0.15) is 4.31 Å². The van der Waals surface area contributed by atoms with Crippen LogP contribution in [0.3, 0.4) is 0 Å². The number of likely N-dealkylation sites (N-methyl/N-ethyl adjacent to an activating group) is 1. The Morgan fingerprint density at radius 1 is 1.42 bits per heavy atom. The number of hydrogen-bond acceptors (Lipinski definition) is 5. The highest BCUT2D eigenvalue weighted by atomic mass is 32.2. The van der Waals surface area contributed by atoms with Gasteiger partial charge in [0.15, 0.2) is 5.03 Å². The van der Waals surface area contributed by atoms with Crippen molar-refractivity contribution in [3.05, 3.63) is 23.9 Å². The van der Waals surface area contributed by atoms with Gasteiger partial charge in [0.1, 0.15) is 0 Å². The van der Waals surface area contributed by atoms with Gasteiger partial charge in [0.2, 0.25) is 0 Å². The highest BCUT2D eigenvalue weighted by Crippen LogP contribution is 2.19. The van der Waals surface area contributed by atoms with E-state index in [1.54, 1.807) is 6.07 Å². The van der Waals surface area contributed by atoms with Crippen molar-refractivity contribution >= 4 is 10.0 Å². The fraction of sp³-hybridized carbons (Fsp3) is 0.583. The van der Waals surface area contributed by atoms with E-state index in [-0.39, 0.29) is 17.7 Å². The summed E-state index contributed by atoms with van der Waals surface area (Å²) in [5.74, 6) is 0. The van der Waals surface area contributed by atoms with Crippen molar-refractivity contribution in [2.24, 2.45) is 0 Å². The lowest BCUT2D eigenvalue weighted by molar-refractivity contribution is 0.170. The van der Waals surface area contributed by atoms with Crippen LogP contribution in [-0.2, 0) is 16.6 Å². The summed E-state index contributed by atoms with van der Waals surface area (Å²) in [5, 5.41) is 8.99. The highest BCUT2D eigenvalue weighted by Gasteiger charge is 2.33. The molecule has 1 aromatic rings. The lowest BCUT2D eigenvalue weighted by atomic mass is 10.2. The number of nitrogens with zero attached hydrogens (tertiary/aromatic N) is 3. The second-order valence-electron chi connectivity index (χ2n) is 4.89. The van der Waals surface area contributed by atoms with E-state index in [9.17, 15) is 8.42 Å². The first-order valence-electron chi connectivity index (χ1n) is 6.21. The molecule has 1 saturated heterocycles. The monoisotopic (exact) mass is 285 g/mol. The molecule has 1 aliphatic heterocycles. The molecule has 0 bridgehead atoms. The van der Waals surface area contributed by atoms with Gasteiger partial charge in [0, 0.05) is 31.9 Å². The average Bonchev–Trinajstić information content (AvgIpc) is 2.38. The third-order valence-corrected chi connectivity index (χ3v) is 5.25. The minimum atomic E-state index is -3.55. The fourth-order valence-corrected chi connectivity index (χ4v) is 3.79. The van der Waals surface area contributed by atoms with Crippen molar-refractivity contribution in [2.75, 3.05) is 26.7 Å². The summed E-state index contributed by atoms with van der Waals surface area (Å²) in [7, 11) is -1.56. The Bertz CT molecular complexity index is 530. The van der Waals surface area contributed by atoms with E-state index < -0.39 is 10.0 Å². The summed E-state index contributed by atoms with van der Waals surface area (Å²) in [6.07, 6.45) is 1.40. The smallest absolute Gasteiger partial charge is 0.260 e. The van der Waals surface area contributed by atoms with Gasteiger partial charge in [-0.3, -0.25) is 0 Å². The first kappa shape index (κ1) is 14.4. The molecular weight excluding hydrogens is 266 g/mol. The summed E-state index contributed by atoms with van der Waals surface area (Å²) in [6, 6.07) is 2.97. The maximum Gasteiger partial charge on any atom is 0.260 e. The van der Waals surface area contributed by atoms with Crippen molar-refractivity contribution in [3.8, 4) is 0 Å². The fourth-order valence-electron chi connectivity index (χ4n) is 2.26. The zero-order valence-electron chi connectivity index (χ0n) is 11.2. The number of rotatable bonds is 3. The Labute approximate surface area is 113 Å². The van der Waals surface area contributed by atoms with E-state index in [0.717, 1.165) is 6.54 Å². The van der Waals surface area contributed by atoms with Crippen LogP contribution in [0.15, 0.2) is 23.4 Å². The first-order chi connectivity index (χ1) is 8.95. The van der Waals surface area contributed by atoms with Crippen molar-refractivity contribution in [1.82, 2.24) is 14.2 Å². The molecule has 1 aromatic heterocycles. The molecule has 1 fully saturated rings. The molecule has 1 atom stereocenters. The van der Waals surface area contributed by atoms with Crippen molar-refractivity contribution in [1.29, 1.82) is 0 Å². The first-order valence-corrected chi connectivity index (χ1v) is 7.65. The van der Waals surface area contributed by atoms with Gasteiger partial charge in [0.05, 0.1) is 6.61 Å². The topological polar surface area (TPSA) is 73.7 Å². The quantitative estimate of drug-likeness (QED) is 0.839. The van der Waals surface area contributed by atoms with Crippen molar-refractivity contribution in [2.45, 2.75) is 24.6 Å². The molecule has 2 heterocycles. The molecule has 0 spiro atoms. The summed E-state index contributed by atoms with van der Waals surface area (Å²) >= 11 is 0. The van der Waals surface area contributed by atoms with Gasteiger partial charge < -0.3 is 10.0 Å².